The molecule has 0 aliphatic rings. The molecule has 1 N–H and O–H groups in total. The van der Waals surface area contributed by atoms with E-state index in [0.717, 1.165) is 24.2 Å². The van der Waals surface area contributed by atoms with Gasteiger partial charge >= 0.3 is 0 Å². The number of aryl methyl sites for hydroxylation is 1. The highest BCUT2D eigenvalue weighted by molar-refractivity contribution is 5.62. The van der Waals surface area contributed by atoms with E-state index in [9.17, 15) is 0 Å². The summed E-state index contributed by atoms with van der Waals surface area (Å²) in [5, 5.41) is 3.30. The van der Waals surface area contributed by atoms with Crippen molar-refractivity contribution in [2.75, 3.05) is 6.54 Å². The normalized spacial score (nSPS) is 10.5. The Bertz CT molecular complexity index is 494. The molecule has 2 aromatic heterocycles. The predicted octanol–water partition coefficient (Wildman–Crippen LogP) is 2.56. The lowest BCUT2D eigenvalue weighted by molar-refractivity contribution is 0.724. The minimum atomic E-state index is 0.858. The third-order valence-corrected chi connectivity index (χ3v) is 2.58. The van der Waals surface area contributed by atoms with Gasteiger partial charge in [0, 0.05) is 42.5 Å². The fourth-order valence-corrected chi connectivity index (χ4v) is 1.72. The van der Waals surface area contributed by atoms with E-state index in [2.05, 4.69) is 34.3 Å². The van der Waals surface area contributed by atoms with E-state index in [1.165, 1.54) is 11.1 Å². The molecule has 3 nitrogen and oxygen atoms in total. The minimum absolute atomic E-state index is 0.858. The molecule has 0 atom stereocenters. The van der Waals surface area contributed by atoms with Crippen molar-refractivity contribution in [3.63, 3.8) is 0 Å². The van der Waals surface area contributed by atoms with Crippen LogP contribution in [0.15, 0.2) is 36.9 Å². The molecular formula is C14H17N3. The zero-order valence-electron chi connectivity index (χ0n) is 10.3. The van der Waals surface area contributed by atoms with Crippen LogP contribution in [0.3, 0.4) is 0 Å². The molecule has 0 aromatic carbocycles. The summed E-state index contributed by atoms with van der Waals surface area (Å²) < 4.78 is 0. The van der Waals surface area contributed by atoms with Crippen molar-refractivity contribution in [2.24, 2.45) is 0 Å². The molecule has 0 fully saturated rings. The fourth-order valence-electron chi connectivity index (χ4n) is 1.72. The first kappa shape index (κ1) is 11.7. The second-order valence-electron chi connectivity index (χ2n) is 4.11. The van der Waals surface area contributed by atoms with Crippen LogP contribution in [0.2, 0.25) is 0 Å². The number of hydrogen-bond acceptors (Lipinski definition) is 3. The lowest BCUT2D eigenvalue weighted by atomic mass is 10.1. The van der Waals surface area contributed by atoms with Gasteiger partial charge in [0.1, 0.15) is 0 Å². The van der Waals surface area contributed by atoms with E-state index in [0.29, 0.717) is 0 Å². The maximum absolute atomic E-state index is 4.28. The van der Waals surface area contributed by atoms with Crippen molar-refractivity contribution < 1.29 is 0 Å². The van der Waals surface area contributed by atoms with Crippen molar-refractivity contribution in [3.05, 3.63) is 48.0 Å². The highest BCUT2D eigenvalue weighted by Gasteiger charge is 2.00. The largest absolute Gasteiger partial charge is 0.313 e. The number of rotatable bonds is 4. The Morgan fingerprint density at radius 3 is 2.41 bits per heavy atom. The quantitative estimate of drug-likeness (QED) is 0.872. The van der Waals surface area contributed by atoms with Crippen LogP contribution in [0, 0.1) is 6.92 Å². The van der Waals surface area contributed by atoms with E-state index in [-0.39, 0.29) is 0 Å². The molecule has 0 radical (unpaired) electrons. The van der Waals surface area contributed by atoms with Crippen molar-refractivity contribution in [3.8, 4) is 11.1 Å². The Kier molecular flexibility index (Phi) is 3.83. The molecular weight excluding hydrogens is 210 g/mol. The fraction of sp³-hybridized carbons (Fsp3) is 0.286. The SMILES string of the molecule is CCNCc1cncc(-c2cncc(C)c2)c1. The minimum Gasteiger partial charge on any atom is -0.313 e. The summed E-state index contributed by atoms with van der Waals surface area (Å²) in [6.07, 6.45) is 7.52. The van der Waals surface area contributed by atoms with Crippen LogP contribution in [0.25, 0.3) is 11.1 Å². The van der Waals surface area contributed by atoms with Crippen molar-refractivity contribution >= 4 is 0 Å². The summed E-state index contributed by atoms with van der Waals surface area (Å²) in [5.41, 5.74) is 4.61. The molecule has 0 aliphatic heterocycles. The van der Waals surface area contributed by atoms with Gasteiger partial charge in [-0.3, -0.25) is 9.97 Å². The molecule has 2 rings (SSSR count). The first-order valence-corrected chi connectivity index (χ1v) is 5.86. The van der Waals surface area contributed by atoms with Gasteiger partial charge in [-0.15, -0.1) is 0 Å². The number of nitrogens with zero attached hydrogens (tertiary/aromatic N) is 2. The van der Waals surface area contributed by atoms with Gasteiger partial charge < -0.3 is 5.32 Å². The van der Waals surface area contributed by atoms with Crippen molar-refractivity contribution in [2.45, 2.75) is 20.4 Å². The van der Waals surface area contributed by atoms with Gasteiger partial charge in [-0.2, -0.15) is 0 Å². The lowest BCUT2D eigenvalue weighted by Crippen LogP contribution is -2.11. The molecule has 88 valence electrons. The number of aromatic nitrogens is 2. The van der Waals surface area contributed by atoms with Gasteiger partial charge in [0.25, 0.3) is 0 Å². The number of pyridine rings is 2. The zero-order valence-corrected chi connectivity index (χ0v) is 10.3. The van der Waals surface area contributed by atoms with Crippen LogP contribution in [0.4, 0.5) is 0 Å². The zero-order chi connectivity index (χ0) is 12.1. The maximum Gasteiger partial charge on any atom is 0.0347 e. The molecule has 2 heterocycles. The summed E-state index contributed by atoms with van der Waals surface area (Å²) >= 11 is 0. The molecule has 0 amide bonds. The maximum atomic E-state index is 4.28. The van der Waals surface area contributed by atoms with Gasteiger partial charge in [-0.05, 0) is 36.7 Å². The standard InChI is InChI=1S/C14H17N3/c1-3-15-7-12-5-14(10-17-8-12)13-4-11(2)6-16-9-13/h4-6,8-10,15H,3,7H2,1-2H3. The summed E-state index contributed by atoms with van der Waals surface area (Å²) in [6, 6.07) is 4.28. The highest BCUT2D eigenvalue weighted by atomic mass is 14.8. The third-order valence-electron chi connectivity index (χ3n) is 2.58. The van der Waals surface area contributed by atoms with Crippen LogP contribution in [-0.4, -0.2) is 16.5 Å². The second kappa shape index (κ2) is 5.55. The molecule has 0 saturated carbocycles. The van der Waals surface area contributed by atoms with Crippen LogP contribution in [-0.2, 0) is 6.54 Å². The monoisotopic (exact) mass is 227 g/mol. The topological polar surface area (TPSA) is 37.8 Å². The molecule has 3 heteroatoms. The van der Waals surface area contributed by atoms with Crippen LogP contribution >= 0.6 is 0 Å². The molecule has 0 unspecified atom stereocenters. The smallest absolute Gasteiger partial charge is 0.0347 e. The van der Waals surface area contributed by atoms with E-state index in [1.54, 1.807) is 0 Å². The predicted molar refractivity (Wildman–Crippen MR) is 69.6 cm³/mol. The number of nitrogens with one attached hydrogen (secondary N) is 1. The third kappa shape index (κ3) is 3.11. The molecule has 0 saturated heterocycles. The van der Waals surface area contributed by atoms with E-state index in [1.807, 2.05) is 31.7 Å². The summed E-state index contributed by atoms with van der Waals surface area (Å²) in [7, 11) is 0. The Morgan fingerprint density at radius 1 is 1.00 bits per heavy atom. The Morgan fingerprint density at radius 2 is 1.71 bits per heavy atom. The van der Waals surface area contributed by atoms with E-state index < -0.39 is 0 Å². The van der Waals surface area contributed by atoms with Crippen LogP contribution < -0.4 is 5.32 Å². The first-order valence-electron chi connectivity index (χ1n) is 5.86. The summed E-state index contributed by atoms with van der Waals surface area (Å²) in [5.74, 6) is 0. The highest BCUT2D eigenvalue weighted by Crippen LogP contribution is 2.19. The lowest BCUT2D eigenvalue weighted by Gasteiger charge is -2.05. The van der Waals surface area contributed by atoms with Gasteiger partial charge in [0.15, 0.2) is 0 Å². The van der Waals surface area contributed by atoms with Gasteiger partial charge in [-0.1, -0.05) is 6.92 Å². The Balaban J connectivity index is 2.26. The van der Waals surface area contributed by atoms with Gasteiger partial charge in [0.2, 0.25) is 0 Å². The van der Waals surface area contributed by atoms with Gasteiger partial charge in [-0.25, -0.2) is 0 Å². The summed E-state index contributed by atoms with van der Waals surface area (Å²) in [6.45, 7) is 5.97. The Labute approximate surface area is 102 Å². The van der Waals surface area contributed by atoms with Crippen molar-refractivity contribution in [1.82, 2.24) is 15.3 Å². The average Bonchev–Trinajstić information content (AvgIpc) is 2.37. The average molecular weight is 227 g/mol. The summed E-state index contributed by atoms with van der Waals surface area (Å²) in [4.78, 5) is 8.48. The first-order chi connectivity index (χ1) is 8.29. The molecule has 17 heavy (non-hydrogen) atoms. The number of hydrogen-bond donors (Lipinski definition) is 1. The van der Waals surface area contributed by atoms with Crippen LogP contribution in [0.5, 0.6) is 0 Å². The second-order valence-corrected chi connectivity index (χ2v) is 4.11. The molecule has 2 aromatic rings. The Hall–Kier alpha value is -1.74. The molecule has 0 spiro atoms. The van der Waals surface area contributed by atoms with Gasteiger partial charge in [0.05, 0.1) is 0 Å². The molecule has 0 bridgehead atoms. The van der Waals surface area contributed by atoms with Crippen molar-refractivity contribution in [1.29, 1.82) is 0 Å². The molecule has 0 aliphatic carbocycles. The van der Waals surface area contributed by atoms with E-state index >= 15 is 0 Å². The van der Waals surface area contributed by atoms with Crippen LogP contribution in [0.1, 0.15) is 18.1 Å². The van der Waals surface area contributed by atoms with E-state index in [4.69, 9.17) is 0 Å².